The minimum atomic E-state index is 0.663. The first-order valence-corrected chi connectivity index (χ1v) is 2.47. The molecule has 0 aliphatic carbocycles. The molecule has 40 valence electrons. The second-order valence-electron chi connectivity index (χ2n) is 1.47. The molecule has 0 aromatic carbocycles. The minimum absolute atomic E-state index is 0.663. The van der Waals surface area contributed by atoms with Crippen molar-refractivity contribution in [2.45, 2.75) is 6.42 Å². The highest BCUT2D eigenvalue weighted by Gasteiger charge is 1.85. The molecular weight excluding hydrogens is 90.1 g/mol. The van der Waals surface area contributed by atoms with Crippen LogP contribution >= 0.6 is 0 Å². The van der Waals surface area contributed by atoms with Gasteiger partial charge in [-0.1, -0.05) is 0 Å². The van der Waals surface area contributed by atoms with Crippen molar-refractivity contribution in [3.8, 4) is 0 Å². The van der Waals surface area contributed by atoms with E-state index >= 15 is 0 Å². The Morgan fingerprint density at radius 3 is 3.57 bits per heavy atom. The number of hydrogen-bond donors (Lipinski definition) is 1. The summed E-state index contributed by atoms with van der Waals surface area (Å²) in [6, 6.07) is 0. The maximum atomic E-state index is 4.90. The van der Waals surface area contributed by atoms with Gasteiger partial charge in [-0.3, -0.25) is 5.32 Å². The van der Waals surface area contributed by atoms with E-state index in [0.717, 1.165) is 13.0 Å². The van der Waals surface area contributed by atoms with Crippen LogP contribution in [0.5, 0.6) is 0 Å². The Kier molecular flexibility index (Phi) is 1.75. The van der Waals surface area contributed by atoms with Gasteiger partial charge < -0.3 is 4.74 Å². The van der Waals surface area contributed by atoms with Crippen LogP contribution < -0.4 is 5.32 Å². The van der Waals surface area contributed by atoms with Gasteiger partial charge in [0.25, 0.3) is 0 Å². The zero-order valence-corrected chi connectivity index (χ0v) is 4.18. The summed E-state index contributed by atoms with van der Waals surface area (Å²) in [6.07, 6.45) is 4.83. The Bertz CT molecular complexity index is 62.5. The van der Waals surface area contributed by atoms with E-state index in [-0.39, 0.29) is 0 Å². The lowest BCUT2D eigenvalue weighted by molar-refractivity contribution is 0.230. The SMILES string of the molecule is C1=COCNCC1. The molecule has 1 aliphatic heterocycles. The summed E-state index contributed by atoms with van der Waals surface area (Å²) in [7, 11) is 0. The molecular formula is C5H9NO. The molecule has 0 saturated carbocycles. The van der Waals surface area contributed by atoms with Crippen molar-refractivity contribution in [3.63, 3.8) is 0 Å². The molecule has 0 aromatic heterocycles. The van der Waals surface area contributed by atoms with Gasteiger partial charge in [0, 0.05) is 6.54 Å². The zero-order valence-electron chi connectivity index (χ0n) is 4.18. The van der Waals surface area contributed by atoms with Gasteiger partial charge in [-0.05, 0) is 12.5 Å². The summed E-state index contributed by atoms with van der Waals surface area (Å²) in [4.78, 5) is 0. The van der Waals surface area contributed by atoms with Crippen LogP contribution in [0, 0.1) is 0 Å². The van der Waals surface area contributed by atoms with Crippen LogP contribution in [0.25, 0.3) is 0 Å². The van der Waals surface area contributed by atoms with Gasteiger partial charge in [-0.25, -0.2) is 0 Å². The summed E-state index contributed by atoms with van der Waals surface area (Å²) in [6.45, 7) is 1.70. The first-order chi connectivity index (χ1) is 3.50. The van der Waals surface area contributed by atoms with E-state index in [9.17, 15) is 0 Å². The molecule has 0 saturated heterocycles. The molecule has 0 radical (unpaired) electrons. The largest absolute Gasteiger partial charge is 0.486 e. The van der Waals surface area contributed by atoms with E-state index in [1.807, 2.05) is 6.08 Å². The van der Waals surface area contributed by atoms with Crippen LogP contribution in [-0.4, -0.2) is 13.3 Å². The van der Waals surface area contributed by atoms with Crippen molar-refractivity contribution in [2.24, 2.45) is 0 Å². The van der Waals surface area contributed by atoms with Gasteiger partial charge in [0.2, 0.25) is 0 Å². The third-order valence-electron chi connectivity index (χ3n) is 0.866. The third-order valence-corrected chi connectivity index (χ3v) is 0.866. The quantitative estimate of drug-likeness (QED) is 0.476. The first kappa shape index (κ1) is 4.65. The molecule has 0 unspecified atom stereocenters. The Balaban J connectivity index is 2.20. The van der Waals surface area contributed by atoms with Gasteiger partial charge in [-0.2, -0.15) is 0 Å². The molecule has 2 heteroatoms. The second kappa shape index (κ2) is 2.64. The predicted molar refractivity (Wildman–Crippen MR) is 27.7 cm³/mol. The Hall–Kier alpha value is -0.500. The average molecular weight is 99.1 g/mol. The minimum Gasteiger partial charge on any atom is -0.486 e. The van der Waals surface area contributed by atoms with Crippen LogP contribution in [0.3, 0.4) is 0 Å². The lowest BCUT2D eigenvalue weighted by Gasteiger charge is -1.94. The summed E-state index contributed by atoms with van der Waals surface area (Å²) in [5.74, 6) is 0. The molecule has 2 nitrogen and oxygen atoms in total. The fraction of sp³-hybridized carbons (Fsp3) is 0.600. The number of hydrogen-bond acceptors (Lipinski definition) is 2. The summed E-state index contributed by atoms with van der Waals surface area (Å²) < 4.78 is 4.90. The molecule has 0 bridgehead atoms. The highest BCUT2D eigenvalue weighted by molar-refractivity contribution is 4.75. The predicted octanol–water partition coefficient (Wildman–Crippen LogP) is 0.467. The molecule has 1 aliphatic rings. The van der Waals surface area contributed by atoms with Gasteiger partial charge in [0.1, 0.15) is 6.73 Å². The van der Waals surface area contributed by atoms with Crippen LogP contribution in [0.4, 0.5) is 0 Å². The van der Waals surface area contributed by atoms with Gasteiger partial charge in [0.15, 0.2) is 0 Å². The van der Waals surface area contributed by atoms with E-state index in [2.05, 4.69) is 5.32 Å². The fourth-order valence-electron chi connectivity index (χ4n) is 0.501. The summed E-state index contributed by atoms with van der Waals surface area (Å²) in [5, 5.41) is 3.06. The van der Waals surface area contributed by atoms with Crippen molar-refractivity contribution in [1.29, 1.82) is 0 Å². The first-order valence-electron chi connectivity index (χ1n) is 2.47. The van der Waals surface area contributed by atoms with Crippen molar-refractivity contribution in [1.82, 2.24) is 5.32 Å². The number of ether oxygens (including phenoxy) is 1. The van der Waals surface area contributed by atoms with Crippen LogP contribution in [0.15, 0.2) is 12.3 Å². The topological polar surface area (TPSA) is 21.3 Å². The van der Waals surface area contributed by atoms with Crippen molar-refractivity contribution in [2.75, 3.05) is 13.3 Å². The maximum absolute atomic E-state index is 4.90. The van der Waals surface area contributed by atoms with E-state index in [4.69, 9.17) is 4.74 Å². The monoisotopic (exact) mass is 99.1 g/mol. The Morgan fingerprint density at radius 2 is 2.57 bits per heavy atom. The van der Waals surface area contributed by atoms with Crippen LogP contribution in [0.2, 0.25) is 0 Å². The Morgan fingerprint density at radius 1 is 1.57 bits per heavy atom. The highest BCUT2D eigenvalue weighted by atomic mass is 16.5. The van der Waals surface area contributed by atoms with Crippen molar-refractivity contribution in [3.05, 3.63) is 12.3 Å². The third kappa shape index (κ3) is 1.59. The smallest absolute Gasteiger partial charge is 0.138 e. The van der Waals surface area contributed by atoms with Crippen molar-refractivity contribution >= 4 is 0 Å². The molecule has 0 aromatic rings. The van der Waals surface area contributed by atoms with E-state index in [0.29, 0.717) is 6.73 Å². The molecule has 0 spiro atoms. The fourth-order valence-corrected chi connectivity index (χ4v) is 0.501. The molecule has 7 heavy (non-hydrogen) atoms. The number of nitrogens with one attached hydrogen (secondary N) is 1. The number of rotatable bonds is 0. The van der Waals surface area contributed by atoms with Gasteiger partial charge >= 0.3 is 0 Å². The molecule has 1 heterocycles. The highest BCUT2D eigenvalue weighted by Crippen LogP contribution is 1.85. The zero-order chi connectivity index (χ0) is 4.95. The molecule has 0 fully saturated rings. The summed E-state index contributed by atoms with van der Waals surface area (Å²) in [5.41, 5.74) is 0. The molecule has 1 N–H and O–H groups in total. The second-order valence-corrected chi connectivity index (χ2v) is 1.47. The maximum Gasteiger partial charge on any atom is 0.138 e. The lowest BCUT2D eigenvalue weighted by atomic mass is 10.4. The van der Waals surface area contributed by atoms with Crippen LogP contribution in [0.1, 0.15) is 6.42 Å². The average Bonchev–Trinajstić information content (AvgIpc) is 1.90. The van der Waals surface area contributed by atoms with Crippen LogP contribution in [-0.2, 0) is 4.74 Å². The van der Waals surface area contributed by atoms with Gasteiger partial charge in [-0.15, -0.1) is 0 Å². The van der Waals surface area contributed by atoms with Crippen molar-refractivity contribution < 1.29 is 4.74 Å². The van der Waals surface area contributed by atoms with Gasteiger partial charge in [0.05, 0.1) is 6.26 Å². The van der Waals surface area contributed by atoms with E-state index in [1.54, 1.807) is 6.26 Å². The standard InChI is InChI=1S/C5H9NO/c1-2-4-7-5-6-3-1/h2,4,6H,1,3,5H2. The van der Waals surface area contributed by atoms with E-state index in [1.165, 1.54) is 0 Å². The Labute approximate surface area is 43.2 Å². The normalized spacial score (nSPS) is 20.6. The molecule has 0 atom stereocenters. The lowest BCUT2D eigenvalue weighted by Crippen LogP contribution is -2.14. The molecule has 1 rings (SSSR count). The summed E-state index contributed by atoms with van der Waals surface area (Å²) >= 11 is 0. The van der Waals surface area contributed by atoms with E-state index < -0.39 is 0 Å². The molecule has 0 amide bonds.